The predicted molar refractivity (Wildman–Crippen MR) is 130 cm³/mol. The number of fused-ring (bicyclic) bond motifs is 1. The monoisotopic (exact) mass is 512 g/mol. The zero-order valence-corrected chi connectivity index (χ0v) is 19.9. The molecule has 0 aliphatic carbocycles. The van der Waals surface area contributed by atoms with Gasteiger partial charge in [-0.2, -0.15) is 0 Å². The van der Waals surface area contributed by atoms with Gasteiger partial charge in [-0.1, -0.05) is 24.0 Å². The maximum atomic E-state index is 14.6. The van der Waals surface area contributed by atoms with Gasteiger partial charge in [0, 0.05) is 30.2 Å². The number of benzene rings is 4. The van der Waals surface area contributed by atoms with Gasteiger partial charge in [0.1, 0.15) is 17.5 Å². The van der Waals surface area contributed by atoms with Crippen molar-refractivity contribution in [2.45, 2.75) is 25.7 Å². The van der Waals surface area contributed by atoms with Crippen LogP contribution in [0.15, 0.2) is 54.6 Å². The highest BCUT2D eigenvalue weighted by atomic mass is 19.2. The van der Waals surface area contributed by atoms with Crippen LogP contribution in [0.3, 0.4) is 0 Å². The summed E-state index contributed by atoms with van der Waals surface area (Å²) in [4.78, 5) is 0. The van der Waals surface area contributed by atoms with Gasteiger partial charge in [0.2, 0.25) is 0 Å². The Morgan fingerprint density at radius 1 is 0.649 bits per heavy atom. The average Bonchev–Trinajstić information content (AvgIpc) is 2.86. The van der Waals surface area contributed by atoms with E-state index < -0.39 is 34.9 Å². The van der Waals surface area contributed by atoms with Crippen molar-refractivity contribution in [2.75, 3.05) is 13.7 Å². The molecular weight excluding hydrogens is 490 g/mol. The standard InChI is InChI=1S/C30H22F6O/c1-37-12-2-3-20-15-26(32)24(27(33)16-20)11-7-19-5-9-21(25(31)14-19)8-4-18-6-10-23-22(13-18)17-28(34)30(36)29(23)35/h5-6,9-10,13-17H,2-3,7,11-12H2,1H3. The lowest BCUT2D eigenvalue weighted by atomic mass is 9.99. The average molecular weight is 512 g/mol. The quantitative estimate of drug-likeness (QED) is 0.108. The first-order valence-corrected chi connectivity index (χ1v) is 11.6. The van der Waals surface area contributed by atoms with Crippen LogP contribution in [0.25, 0.3) is 10.8 Å². The topological polar surface area (TPSA) is 9.23 Å². The van der Waals surface area contributed by atoms with E-state index in [1.807, 2.05) is 0 Å². The van der Waals surface area contributed by atoms with Crippen molar-refractivity contribution in [1.29, 1.82) is 0 Å². The van der Waals surface area contributed by atoms with Gasteiger partial charge in [-0.15, -0.1) is 0 Å². The summed E-state index contributed by atoms with van der Waals surface area (Å²) in [6, 6.07) is 11.9. The molecule has 0 aliphatic rings. The molecule has 0 saturated carbocycles. The first kappa shape index (κ1) is 26.3. The van der Waals surface area contributed by atoms with Gasteiger partial charge in [0.15, 0.2) is 17.5 Å². The molecule has 0 spiro atoms. The van der Waals surface area contributed by atoms with E-state index in [1.54, 1.807) is 13.2 Å². The number of halogens is 6. The molecule has 0 amide bonds. The summed E-state index contributed by atoms with van der Waals surface area (Å²) < 4.78 is 89.3. The second kappa shape index (κ2) is 11.5. The minimum absolute atomic E-state index is 0.0520. The van der Waals surface area contributed by atoms with Crippen LogP contribution in [0.1, 0.15) is 34.2 Å². The normalized spacial score (nSPS) is 11.0. The maximum Gasteiger partial charge on any atom is 0.195 e. The van der Waals surface area contributed by atoms with Crippen molar-refractivity contribution >= 4 is 10.8 Å². The smallest absolute Gasteiger partial charge is 0.195 e. The number of ether oxygens (including phenoxy) is 1. The molecule has 4 aromatic rings. The molecule has 0 atom stereocenters. The van der Waals surface area contributed by atoms with Crippen LogP contribution in [-0.2, 0) is 24.0 Å². The molecule has 0 aliphatic heterocycles. The van der Waals surface area contributed by atoms with Crippen molar-refractivity contribution < 1.29 is 31.1 Å². The molecule has 37 heavy (non-hydrogen) atoms. The van der Waals surface area contributed by atoms with Gasteiger partial charge < -0.3 is 4.74 Å². The highest BCUT2D eigenvalue weighted by molar-refractivity contribution is 5.84. The number of aryl methyl sites for hydroxylation is 2. The van der Waals surface area contributed by atoms with Crippen molar-refractivity contribution in [3.8, 4) is 11.8 Å². The molecule has 0 fully saturated rings. The van der Waals surface area contributed by atoms with Crippen molar-refractivity contribution in [3.63, 3.8) is 0 Å². The zero-order chi connectivity index (χ0) is 26.5. The van der Waals surface area contributed by atoms with Crippen molar-refractivity contribution in [3.05, 3.63) is 117 Å². The van der Waals surface area contributed by atoms with Crippen LogP contribution in [0.5, 0.6) is 0 Å². The minimum Gasteiger partial charge on any atom is -0.385 e. The van der Waals surface area contributed by atoms with Gasteiger partial charge >= 0.3 is 0 Å². The van der Waals surface area contributed by atoms with Crippen molar-refractivity contribution in [2.24, 2.45) is 0 Å². The number of methoxy groups -OCH3 is 1. The third-order valence-electron chi connectivity index (χ3n) is 6.03. The fraction of sp³-hybridized carbons (Fsp3) is 0.200. The van der Waals surface area contributed by atoms with Gasteiger partial charge in [0.25, 0.3) is 0 Å². The fourth-order valence-electron chi connectivity index (χ4n) is 4.07. The van der Waals surface area contributed by atoms with E-state index in [9.17, 15) is 26.3 Å². The molecule has 0 bridgehead atoms. The summed E-state index contributed by atoms with van der Waals surface area (Å²) in [5.41, 5.74) is 1.49. The van der Waals surface area contributed by atoms with Crippen LogP contribution in [-0.4, -0.2) is 13.7 Å². The number of rotatable bonds is 7. The largest absolute Gasteiger partial charge is 0.385 e. The first-order chi connectivity index (χ1) is 17.8. The summed E-state index contributed by atoms with van der Waals surface area (Å²) in [6.07, 6.45) is 1.44. The molecule has 190 valence electrons. The van der Waals surface area contributed by atoms with Gasteiger partial charge in [-0.25, -0.2) is 26.3 Å². The molecule has 7 heteroatoms. The Kier molecular flexibility index (Phi) is 8.20. The SMILES string of the molecule is COCCCc1cc(F)c(CCc2ccc(C#Cc3ccc4c(F)c(F)c(F)cc4c3)c(F)c2)c(F)c1. The molecular formula is C30H22F6O. The molecule has 0 aromatic heterocycles. The van der Waals surface area contributed by atoms with E-state index in [0.717, 1.165) is 6.07 Å². The van der Waals surface area contributed by atoms with Crippen LogP contribution in [0, 0.1) is 46.7 Å². The fourth-order valence-corrected chi connectivity index (χ4v) is 4.07. The van der Waals surface area contributed by atoms with Crippen LogP contribution < -0.4 is 0 Å². The maximum absolute atomic E-state index is 14.6. The molecule has 0 saturated heterocycles. The van der Waals surface area contributed by atoms with Gasteiger partial charge in [-0.05, 0) is 84.7 Å². The van der Waals surface area contributed by atoms with Crippen LogP contribution >= 0.6 is 0 Å². The lowest BCUT2D eigenvalue weighted by Gasteiger charge is -2.09. The summed E-state index contributed by atoms with van der Waals surface area (Å²) in [5.74, 6) is -0.623. The predicted octanol–water partition coefficient (Wildman–Crippen LogP) is 7.44. The van der Waals surface area contributed by atoms with Crippen molar-refractivity contribution in [1.82, 2.24) is 0 Å². The Morgan fingerprint density at radius 3 is 2.08 bits per heavy atom. The Bertz CT molecular complexity index is 1490. The Labute approximate surface area is 210 Å². The molecule has 0 unspecified atom stereocenters. The summed E-state index contributed by atoms with van der Waals surface area (Å²) in [5, 5.41) is 0.0371. The molecule has 4 aromatic carbocycles. The van der Waals surface area contributed by atoms with E-state index >= 15 is 0 Å². The van der Waals surface area contributed by atoms with Gasteiger partial charge in [-0.3, -0.25) is 0 Å². The Hall–Kier alpha value is -3.76. The van der Waals surface area contributed by atoms with Crippen LogP contribution in [0.4, 0.5) is 26.3 Å². The summed E-state index contributed by atoms with van der Waals surface area (Å²) in [6.45, 7) is 0.500. The Balaban J connectivity index is 1.46. The zero-order valence-electron chi connectivity index (χ0n) is 19.9. The van der Waals surface area contributed by atoms with Gasteiger partial charge in [0.05, 0.1) is 5.56 Å². The number of hydrogen-bond acceptors (Lipinski definition) is 1. The second-order valence-corrected chi connectivity index (χ2v) is 8.62. The van der Waals surface area contributed by atoms with E-state index in [-0.39, 0.29) is 34.7 Å². The Morgan fingerprint density at radius 2 is 1.38 bits per heavy atom. The van der Waals surface area contributed by atoms with Crippen LogP contribution in [0.2, 0.25) is 0 Å². The van der Waals surface area contributed by atoms with E-state index in [0.29, 0.717) is 36.1 Å². The van der Waals surface area contributed by atoms with E-state index in [2.05, 4.69) is 11.8 Å². The third kappa shape index (κ3) is 6.15. The summed E-state index contributed by atoms with van der Waals surface area (Å²) in [7, 11) is 1.56. The minimum atomic E-state index is -1.55. The number of hydrogen-bond donors (Lipinski definition) is 0. The first-order valence-electron chi connectivity index (χ1n) is 11.6. The highest BCUT2D eigenvalue weighted by Crippen LogP contribution is 2.24. The molecule has 1 nitrogen and oxygen atoms in total. The lowest BCUT2D eigenvalue weighted by molar-refractivity contribution is 0.195. The second-order valence-electron chi connectivity index (χ2n) is 8.62. The highest BCUT2D eigenvalue weighted by Gasteiger charge is 2.14. The van der Waals surface area contributed by atoms with E-state index in [1.165, 1.54) is 42.5 Å². The lowest BCUT2D eigenvalue weighted by Crippen LogP contribution is -2.02. The summed E-state index contributed by atoms with van der Waals surface area (Å²) >= 11 is 0. The molecule has 4 rings (SSSR count). The molecule has 0 radical (unpaired) electrons. The molecule has 0 heterocycles. The van der Waals surface area contributed by atoms with E-state index in [4.69, 9.17) is 4.74 Å². The third-order valence-corrected chi connectivity index (χ3v) is 6.03. The molecule has 0 N–H and O–H groups in total.